The zero-order chi connectivity index (χ0) is 15.5. The van der Waals surface area contributed by atoms with Crippen LogP contribution in [0.5, 0.6) is 0 Å². The first-order valence-electron chi connectivity index (χ1n) is 6.54. The molecule has 0 fully saturated rings. The van der Waals surface area contributed by atoms with Crippen molar-refractivity contribution in [2.24, 2.45) is 0 Å². The monoisotopic (exact) mass is 280 g/mol. The lowest BCUT2D eigenvalue weighted by Gasteiger charge is -2.20. The SMILES string of the molecule is CC(C)(C)NCc1cnnn1-c1ccc(C#N)c(C#N)c1. The van der Waals surface area contributed by atoms with Gasteiger partial charge in [-0.2, -0.15) is 10.5 Å². The van der Waals surface area contributed by atoms with E-state index in [2.05, 4.69) is 36.4 Å². The van der Waals surface area contributed by atoms with Gasteiger partial charge in [-0.3, -0.25) is 0 Å². The van der Waals surface area contributed by atoms with Crippen LogP contribution in [-0.2, 0) is 6.54 Å². The average Bonchev–Trinajstić information content (AvgIpc) is 2.92. The van der Waals surface area contributed by atoms with Crippen LogP contribution in [0.3, 0.4) is 0 Å². The third-order valence-electron chi connectivity index (χ3n) is 2.91. The topological polar surface area (TPSA) is 90.3 Å². The van der Waals surface area contributed by atoms with Crippen molar-refractivity contribution in [3.05, 3.63) is 41.2 Å². The van der Waals surface area contributed by atoms with Gasteiger partial charge in [-0.1, -0.05) is 5.21 Å². The second kappa shape index (κ2) is 5.74. The summed E-state index contributed by atoms with van der Waals surface area (Å²) in [4.78, 5) is 0. The van der Waals surface area contributed by atoms with Crippen molar-refractivity contribution in [2.75, 3.05) is 0 Å². The Morgan fingerprint density at radius 1 is 1.19 bits per heavy atom. The maximum atomic E-state index is 9.09. The summed E-state index contributed by atoms with van der Waals surface area (Å²) in [6.07, 6.45) is 1.68. The fourth-order valence-electron chi connectivity index (χ4n) is 1.80. The fraction of sp³-hybridized carbons (Fsp3) is 0.333. The van der Waals surface area contributed by atoms with Crippen LogP contribution in [0.25, 0.3) is 5.69 Å². The molecule has 1 aromatic heterocycles. The molecule has 6 nitrogen and oxygen atoms in total. The van der Waals surface area contributed by atoms with E-state index in [9.17, 15) is 0 Å². The lowest BCUT2D eigenvalue weighted by atomic mass is 10.1. The number of aromatic nitrogens is 3. The van der Waals surface area contributed by atoms with Crippen molar-refractivity contribution in [1.82, 2.24) is 20.3 Å². The first-order valence-corrected chi connectivity index (χ1v) is 6.54. The summed E-state index contributed by atoms with van der Waals surface area (Å²) < 4.78 is 1.67. The molecule has 21 heavy (non-hydrogen) atoms. The van der Waals surface area contributed by atoms with E-state index in [1.54, 1.807) is 29.1 Å². The van der Waals surface area contributed by atoms with E-state index < -0.39 is 0 Å². The molecule has 0 amide bonds. The Bertz CT molecular complexity index is 724. The van der Waals surface area contributed by atoms with Crippen LogP contribution in [-0.4, -0.2) is 20.5 Å². The van der Waals surface area contributed by atoms with E-state index in [0.29, 0.717) is 23.4 Å². The molecule has 0 aliphatic heterocycles. The van der Waals surface area contributed by atoms with Crippen LogP contribution < -0.4 is 5.32 Å². The van der Waals surface area contributed by atoms with Gasteiger partial charge in [-0.05, 0) is 39.0 Å². The van der Waals surface area contributed by atoms with Gasteiger partial charge in [0.1, 0.15) is 12.1 Å². The molecule has 1 aromatic carbocycles. The summed E-state index contributed by atoms with van der Waals surface area (Å²) in [5.41, 5.74) is 2.28. The van der Waals surface area contributed by atoms with Crippen molar-refractivity contribution in [1.29, 1.82) is 10.5 Å². The zero-order valence-corrected chi connectivity index (χ0v) is 12.3. The number of rotatable bonds is 3. The maximum Gasteiger partial charge on any atom is 0.101 e. The van der Waals surface area contributed by atoms with Crippen LogP contribution in [0, 0.1) is 22.7 Å². The summed E-state index contributed by atoms with van der Waals surface area (Å²) in [6, 6.07) is 9.05. The molecule has 0 bridgehead atoms. The molecule has 6 heteroatoms. The zero-order valence-electron chi connectivity index (χ0n) is 12.3. The largest absolute Gasteiger partial charge is 0.306 e. The molecule has 0 saturated carbocycles. The van der Waals surface area contributed by atoms with E-state index >= 15 is 0 Å². The third-order valence-corrected chi connectivity index (χ3v) is 2.91. The first-order chi connectivity index (χ1) is 9.94. The lowest BCUT2D eigenvalue weighted by Crippen LogP contribution is -2.35. The normalized spacial score (nSPS) is 10.9. The van der Waals surface area contributed by atoms with Crippen molar-refractivity contribution in [2.45, 2.75) is 32.9 Å². The van der Waals surface area contributed by atoms with Crippen molar-refractivity contribution in [3.8, 4) is 17.8 Å². The molecule has 0 radical (unpaired) electrons. The molecular formula is C15H16N6. The Labute approximate surface area is 123 Å². The highest BCUT2D eigenvalue weighted by Crippen LogP contribution is 2.15. The van der Waals surface area contributed by atoms with Gasteiger partial charge in [0.15, 0.2) is 0 Å². The second-order valence-electron chi connectivity index (χ2n) is 5.69. The summed E-state index contributed by atoms with van der Waals surface area (Å²) >= 11 is 0. The minimum absolute atomic E-state index is 0.0163. The number of nitrogens with one attached hydrogen (secondary N) is 1. The molecule has 1 heterocycles. The van der Waals surface area contributed by atoms with Gasteiger partial charge >= 0.3 is 0 Å². The highest BCUT2D eigenvalue weighted by atomic mass is 15.4. The highest BCUT2D eigenvalue weighted by Gasteiger charge is 2.13. The highest BCUT2D eigenvalue weighted by molar-refractivity contribution is 5.51. The van der Waals surface area contributed by atoms with Crippen molar-refractivity contribution >= 4 is 0 Å². The molecule has 0 saturated heterocycles. The number of benzene rings is 1. The third kappa shape index (κ3) is 3.44. The van der Waals surface area contributed by atoms with E-state index in [-0.39, 0.29) is 5.54 Å². The molecule has 0 aliphatic rings. The number of hydrogen-bond donors (Lipinski definition) is 1. The van der Waals surface area contributed by atoms with Crippen LogP contribution in [0.2, 0.25) is 0 Å². The number of nitriles is 2. The van der Waals surface area contributed by atoms with Gasteiger partial charge in [0.25, 0.3) is 0 Å². The number of nitrogens with zero attached hydrogens (tertiary/aromatic N) is 5. The smallest absolute Gasteiger partial charge is 0.101 e. The van der Waals surface area contributed by atoms with Crippen LogP contribution in [0.1, 0.15) is 37.6 Å². The second-order valence-corrected chi connectivity index (χ2v) is 5.69. The van der Waals surface area contributed by atoms with Gasteiger partial charge < -0.3 is 5.32 Å². The maximum absolute atomic E-state index is 9.09. The molecule has 1 N–H and O–H groups in total. The van der Waals surface area contributed by atoms with E-state index in [1.807, 2.05) is 12.1 Å². The first kappa shape index (κ1) is 14.7. The Balaban J connectivity index is 2.34. The Kier molecular flexibility index (Phi) is 4.02. The minimum Gasteiger partial charge on any atom is -0.306 e. The van der Waals surface area contributed by atoms with Gasteiger partial charge in [0.05, 0.1) is 28.7 Å². The van der Waals surface area contributed by atoms with Crippen LogP contribution in [0.4, 0.5) is 0 Å². The van der Waals surface area contributed by atoms with E-state index in [1.165, 1.54) is 0 Å². The molecule has 0 atom stereocenters. The average molecular weight is 280 g/mol. The van der Waals surface area contributed by atoms with E-state index in [4.69, 9.17) is 10.5 Å². The Hall–Kier alpha value is -2.70. The Morgan fingerprint density at radius 3 is 2.52 bits per heavy atom. The van der Waals surface area contributed by atoms with Gasteiger partial charge in [-0.15, -0.1) is 5.10 Å². The molecule has 0 spiro atoms. The summed E-state index contributed by atoms with van der Waals surface area (Å²) in [5, 5.41) is 29.4. The van der Waals surface area contributed by atoms with Gasteiger partial charge in [-0.25, -0.2) is 4.68 Å². The number of hydrogen-bond acceptors (Lipinski definition) is 5. The summed E-state index contributed by atoms with van der Waals surface area (Å²) in [6.45, 7) is 6.85. The molecule has 2 aromatic rings. The summed E-state index contributed by atoms with van der Waals surface area (Å²) in [5.74, 6) is 0. The standard InChI is InChI=1S/C15H16N6/c1-15(2,3)18-9-14-10-19-20-21(14)13-5-4-11(7-16)12(6-13)8-17/h4-6,10,18H,9H2,1-3H3. The minimum atomic E-state index is -0.0163. The molecule has 2 rings (SSSR count). The fourth-order valence-corrected chi connectivity index (χ4v) is 1.80. The van der Waals surface area contributed by atoms with Crippen molar-refractivity contribution < 1.29 is 0 Å². The van der Waals surface area contributed by atoms with Gasteiger partial charge in [0, 0.05) is 12.1 Å². The van der Waals surface area contributed by atoms with Gasteiger partial charge in [0.2, 0.25) is 0 Å². The molecule has 106 valence electrons. The predicted octanol–water partition coefficient (Wildman–Crippen LogP) is 1.90. The predicted molar refractivity (Wildman–Crippen MR) is 77.4 cm³/mol. The summed E-state index contributed by atoms with van der Waals surface area (Å²) in [7, 11) is 0. The van der Waals surface area contributed by atoms with Crippen LogP contribution in [0.15, 0.2) is 24.4 Å². The molecule has 0 unspecified atom stereocenters. The lowest BCUT2D eigenvalue weighted by molar-refractivity contribution is 0.418. The molecule has 0 aliphatic carbocycles. The van der Waals surface area contributed by atoms with E-state index in [0.717, 1.165) is 5.69 Å². The Morgan fingerprint density at radius 2 is 1.90 bits per heavy atom. The molecular weight excluding hydrogens is 264 g/mol. The van der Waals surface area contributed by atoms with Crippen molar-refractivity contribution in [3.63, 3.8) is 0 Å². The quantitative estimate of drug-likeness (QED) is 0.927. The van der Waals surface area contributed by atoms with Crippen LogP contribution >= 0.6 is 0 Å².